The van der Waals surface area contributed by atoms with E-state index in [1.807, 2.05) is 58.0 Å². The molecule has 2 aromatic carbocycles. The largest absolute Gasteiger partial charge is 0.484 e. The molecule has 0 saturated heterocycles. The van der Waals surface area contributed by atoms with Crippen molar-refractivity contribution in [1.29, 1.82) is 0 Å². The summed E-state index contributed by atoms with van der Waals surface area (Å²) in [7, 11) is 0. The Morgan fingerprint density at radius 3 is 2.42 bits per heavy atom. The Morgan fingerprint density at radius 1 is 1.10 bits per heavy atom. The van der Waals surface area contributed by atoms with Crippen molar-refractivity contribution in [2.75, 3.05) is 13.2 Å². The van der Waals surface area contributed by atoms with E-state index in [0.29, 0.717) is 30.2 Å². The average molecular weight is 445 g/mol. The highest BCUT2D eigenvalue weighted by Crippen LogP contribution is 2.21. The maximum Gasteiger partial charge on any atom is 0.261 e. The zero-order valence-electron chi connectivity index (χ0n) is 18.9. The van der Waals surface area contributed by atoms with E-state index in [2.05, 4.69) is 5.32 Å². The lowest BCUT2D eigenvalue weighted by Crippen LogP contribution is -2.52. The summed E-state index contributed by atoms with van der Waals surface area (Å²) >= 11 is 6.07. The molecule has 2 amide bonds. The Bertz CT molecular complexity index is 857. The van der Waals surface area contributed by atoms with Gasteiger partial charge < -0.3 is 15.0 Å². The van der Waals surface area contributed by atoms with Crippen LogP contribution < -0.4 is 10.1 Å². The van der Waals surface area contributed by atoms with Gasteiger partial charge in [-0.3, -0.25) is 9.59 Å². The van der Waals surface area contributed by atoms with E-state index in [9.17, 15) is 9.59 Å². The lowest BCUT2D eigenvalue weighted by atomic mass is 10.1. The normalized spacial score (nSPS) is 12.7. The SMILES string of the molecule is CC[C@H](C)NC(=O)[C@H](CC)N(CCc1ccccc1)C(=O)COc1ccc(Cl)c(C)c1. The fourth-order valence-electron chi connectivity index (χ4n) is 3.27. The Hall–Kier alpha value is -2.53. The highest BCUT2D eigenvalue weighted by molar-refractivity contribution is 6.31. The molecular weight excluding hydrogens is 412 g/mol. The molecule has 0 radical (unpaired) electrons. The number of aryl methyl sites for hydroxylation is 1. The lowest BCUT2D eigenvalue weighted by molar-refractivity contribution is -0.142. The third kappa shape index (κ3) is 7.59. The van der Waals surface area contributed by atoms with Gasteiger partial charge in [0.1, 0.15) is 11.8 Å². The minimum absolute atomic E-state index is 0.0564. The van der Waals surface area contributed by atoms with Crippen LogP contribution in [0.1, 0.15) is 44.7 Å². The Kier molecular flexibility index (Phi) is 9.86. The van der Waals surface area contributed by atoms with E-state index >= 15 is 0 Å². The molecule has 2 rings (SSSR count). The second-order valence-electron chi connectivity index (χ2n) is 7.76. The molecule has 0 bridgehead atoms. The van der Waals surface area contributed by atoms with Crippen LogP contribution in [-0.4, -0.2) is 41.9 Å². The first kappa shape index (κ1) is 24.7. The number of amides is 2. The molecule has 0 aliphatic rings. The fraction of sp³-hybridized carbons (Fsp3) is 0.440. The van der Waals surface area contributed by atoms with Crippen LogP contribution in [0, 0.1) is 6.92 Å². The van der Waals surface area contributed by atoms with Crippen molar-refractivity contribution in [1.82, 2.24) is 10.2 Å². The number of ether oxygens (including phenoxy) is 1. The van der Waals surface area contributed by atoms with Gasteiger partial charge in [0, 0.05) is 17.6 Å². The molecule has 0 aliphatic carbocycles. The maximum atomic E-state index is 13.1. The molecule has 1 N–H and O–H groups in total. The van der Waals surface area contributed by atoms with Crippen LogP contribution in [0.15, 0.2) is 48.5 Å². The summed E-state index contributed by atoms with van der Waals surface area (Å²) in [5.74, 6) is 0.241. The fourth-order valence-corrected chi connectivity index (χ4v) is 3.39. The summed E-state index contributed by atoms with van der Waals surface area (Å²) in [5.41, 5.74) is 2.00. The van der Waals surface area contributed by atoms with E-state index < -0.39 is 6.04 Å². The molecule has 31 heavy (non-hydrogen) atoms. The van der Waals surface area contributed by atoms with Crippen molar-refractivity contribution in [3.63, 3.8) is 0 Å². The smallest absolute Gasteiger partial charge is 0.261 e. The van der Waals surface area contributed by atoms with Crippen molar-refractivity contribution in [3.8, 4) is 5.75 Å². The third-order valence-corrected chi connectivity index (χ3v) is 5.79. The standard InChI is InChI=1S/C25H33ClN2O3/c1-5-19(4)27-25(30)23(6-2)28(15-14-20-10-8-7-9-11-20)24(29)17-31-21-12-13-22(26)18(3)16-21/h7-13,16,19,23H,5-6,14-15,17H2,1-4H3,(H,27,30)/t19-,23-/m0/s1. The van der Waals surface area contributed by atoms with Gasteiger partial charge in [0.25, 0.3) is 5.91 Å². The molecule has 0 unspecified atom stereocenters. The van der Waals surface area contributed by atoms with E-state index in [1.165, 1.54) is 0 Å². The number of hydrogen-bond acceptors (Lipinski definition) is 3. The van der Waals surface area contributed by atoms with Crippen LogP contribution >= 0.6 is 11.6 Å². The van der Waals surface area contributed by atoms with Gasteiger partial charge >= 0.3 is 0 Å². The molecule has 0 saturated carbocycles. The number of halogens is 1. The lowest BCUT2D eigenvalue weighted by Gasteiger charge is -2.31. The number of rotatable bonds is 11. The molecule has 168 valence electrons. The van der Waals surface area contributed by atoms with Crippen molar-refractivity contribution in [2.24, 2.45) is 0 Å². The van der Waals surface area contributed by atoms with Gasteiger partial charge in [0.2, 0.25) is 5.91 Å². The Balaban J connectivity index is 2.14. The molecular formula is C25H33ClN2O3. The van der Waals surface area contributed by atoms with E-state index in [1.54, 1.807) is 23.1 Å². The summed E-state index contributed by atoms with van der Waals surface area (Å²) < 4.78 is 5.73. The van der Waals surface area contributed by atoms with Gasteiger partial charge in [-0.2, -0.15) is 0 Å². The first-order chi connectivity index (χ1) is 14.8. The van der Waals surface area contributed by atoms with Crippen LogP contribution in [0.4, 0.5) is 0 Å². The van der Waals surface area contributed by atoms with Crippen LogP contribution in [0.25, 0.3) is 0 Å². The first-order valence-electron chi connectivity index (χ1n) is 10.9. The molecule has 6 heteroatoms. The molecule has 0 heterocycles. The molecule has 0 aliphatic heterocycles. The monoisotopic (exact) mass is 444 g/mol. The quantitative estimate of drug-likeness (QED) is 0.542. The van der Waals surface area contributed by atoms with Gasteiger partial charge in [0.05, 0.1) is 0 Å². The molecule has 0 fully saturated rings. The van der Waals surface area contributed by atoms with Crippen LogP contribution in [0.5, 0.6) is 5.75 Å². The molecule has 0 spiro atoms. The Labute approximate surface area is 190 Å². The second kappa shape index (κ2) is 12.4. The third-order valence-electron chi connectivity index (χ3n) is 5.36. The molecule has 0 aromatic heterocycles. The molecule has 2 atom stereocenters. The van der Waals surface area contributed by atoms with Crippen molar-refractivity contribution in [3.05, 3.63) is 64.7 Å². The minimum Gasteiger partial charge on any atom is -0.484 e. The number of nitrogens with zero attached hydrogens (tertiary/aromatic N) is 1. The number of carbonyl (C=O) groups is 2. The van der Waals surface area contributed by atoms with Crippen LogP contribution in [0.2, 0.25) is 5.02 Å². The number of hydrogen-bond donors (Lipinski definition) is 1. The van der Waals surface area contributed by atoms with Crippen LogP contribution in [0.3, 0.4) is 0 Å². The summed E-state index contributed by atoms with van der Waals surface area (Å²) in [5, 5.41) is 3.66. The number of carbonyl (C=O) groups excluding carboxylic acids is 2. The molecule has 2 aromatic rings. The van der Waals surface area contributed by atoms with Gasteiger partial charge in [-0.05, 0) is 62.4 Å². The maximum absolute atomic E-state index is 13.1. The van der Waals surface area contributed by atoms with Crippen molar-refractivity contribution >= 4 is 23.4 Å². The predicted octanol–water partition coefficient (Wildman–Crippen LogP) is 4.79. The highest BCUT2D eigenvalue weighted by atomic mass is 35.5. The average Bonchev–Trinajstić information content (AvgIpc) is 2.77. The number of benzene rings is 2. The van der Waals surface area contributed by atoms with E-state index in [-0.39, 0.29) is 24.5 Å². The first-order valence-corrected chi connectivity index (χ1v) is 11.3. The van der Waals surface area contributed by atoms with Gasteiger partial charge in [0.15, 0.2) is 6.61 Å². The topological polar surface area (TPSA) is 58.6 Å². The minimum atomic E-state index is -0.541. The predicted molar refractivity (Wildman–Crippen MR) is 126 cm³/mol. The van der Waals surface area contributed by atoms with E-state index in [0.717, 1.165) is 17.5 Å². The summed E-state index contributed by atoms with van der Waals surface area (Å²) in [4.78, 5) is 27.7. The van der Waals surface area contributed by atoms with E-state index in [4.69, 9.17) is 16.3 Å². The van der Waals surface area contributed by atoms with Gasteiger partial charge in [-0.1, -0.05) is 55.8 Å². The summed E-state index contributed by atoms with van der Waals surface area (Å²) in [6.45, 7) is 8.10. The zero-order chi connectivity index (χ0) is 22.8. The van der Waals surface area contributed by atoms with Crippen molar-refractivity contribution in [2.45, 2.75) is 59.0 Å². The summed E-state index contributed by atoms with van der Waals surface area (Å²) in [6.07, 6.45) is 2.03. The molecule has 5 nitrogen and oxygen atoms in total. The van der Waals surface area contributed by atoms with Crippen LogP contribution in [-0.2, 0) is 16.0 Å². The zero-order valence-corrected chi connectivity index (χ0v) is 19.6. The number of nitrogens with one attached hydrogen (secondary N) is 1. The van der Waals surface area contributed by atoms with Gasteiger partial charge in [-0.15, -0.1) is 0 Å². The van der Waals surface area contributed by atoms with Gasteiger partial charge in [-0.25, -0.2) is 0 Å². The van der Waals surface area contributed by atoms with Crippen molar-refractivity contribution < 1.29 is 14.3 Å². The highest BCUT2D eigenvalue weighted by Gasteiger charge is 2.29. The summed E-state index contributed by atoms with van der Waals surface area (Å²) in [6, 6.07) is 14.8. The second-order valence-corrected chi connectivity index (χ2v) is 8.17. The Morgan fingerprint density at radius 2 is 1.81 bits per heavy atom.